The minimum atomic E-state index is -0.398. The lowest BCUT2D eigenvalue weighted by atomic mass is 10.2. The van der Waals surface area contributed by atoms with Gasteiger partial charge in [0.15, 0.2) is 0 Å². The van der Waals surface area contributed by atoms with Crippen LogP contribution in [-0.4, -0.2) is 28.6 Å². The number of nitrogens with zero attached hydrogens (tertiary/aromatic N) is 2. The summed E-state index contributed by atoms with van der Waals surface area (Å²) in [5.74, 6) is 1.29. The van der Waals surface area contributed by atoms with Crippen molar-refractivity contribution >= 4 is 29.1 Å². The smallest absolute Gasteiger partial charge is 0.340 e. The number of hydrogen-bond acceptors (Lipinski definition) is 7. The van der Waals surface area contributed by atoms with Gasteiger partial charge in [-0.3, -0.25) is 0 Å². The van der Waals surface area contributed by atoms with Gasteiger partial charge < -0.3 is 20.1 Å². The summed E-state index contributed by atoms with van der Waals surface area (Å²) < 4.78 is 10.9. The summed E-state index contributed by atoms with van der Waals surface area (Å²) in [4.78, 5) is 20.9. The average Bonchev–Trinajstić information content (AvgIpc) is 2.70. The molecule has 3 aromatic rings. The summed E-state index contributed by atoms with van der Waals surface area (Å²) in [5.41, 5.74) is 1.80. The number of carbonyl (C=O) groups excluding carboxylic acids is 1. The van der Waals surface area contributed by atoms with Gasteiger partial charge in [0.25, 0.3) is 0 Å². The summed E-state index contributed by atoms with van der Waals surface area (Å²) in [6.45, 7) is 6.03. The zero-order valence-corrected chi connectivity index (χ0v) is 16.7. The van der Waals surface area contributed by atoms with Gasteiger partial charge in [-0.2, -0.15) is 4.98 Å². The molecule has 0 atom stereocenters. The van der Waals surface area contributed by atoms with Crippen molar-refractivity contribution in [1.82, 2.24) is 9.97 Å². The Labute approximate surface area is 170 Å². The van der Waals surface area contributed by atoms with E-state index in [-0.39, 0.29) is 6.10 Å². The van der Waals surface area contributed by atoms with Crippen molar-refractivity contribution in [2.75, 3.05) is 17.2 Å². The molecular weight excluding hydrogens is 368 g/mol. The number of benzene rings is 2. The Morgan fingerprint density at radius 3 is 2.48 bits per heavy atom. The number of anilines is 4. The molecule has 1 heterocycles. The molecule has 0 aliphatic carbocycles. The van der Waals surface area contributed by atoms with Crippen LogP contribution in [0, 0.1) is 0 Å². The van der Waals surface area contributed by atoms with E-state index in [9.17, 15) is 4.79 Å². The molecule has 0 radical (unpaired) electrons. The number of carbonyl (C=O) groups is 1. The number of para-hydroxylation sites is 3. The summed E-state index contributed by atoms with van der Waals surface area (Å²) in [7, 11) is 0. The second-order valence-electron chi connectivity index (χ2n) is 6.44. The van der Waals surface area contributed by atoms with Gasteiger partial charge in [-0.25, -0.2) is 9.78 Å². The molecule has 0 unspecified atom stereocenters. The van der Waals surface area contributed by atoms with Crippen LogP contribution in [0.1, 0.15) is 31.1 Å². The van der Waals surface area contributed by atoms with Gasteiger partial charge in [-0.15, -0.1) is 0 Å². The Morgan fingerprint density at radius 2 is 1.72 bits per heavy atom. The number of esters is 1. The molecule has 2 aromatic carbocycles. The van der Waals surface area contributed by atoms with Crippen molar-refractivity contribution in [1.29, 1.82) is 0 Å². The number of ether oxygens (including phenoxy) is 2. The van der Waals surface area contributed by atoms with Gasteiger partial charge in [-0.05, 0) is 51.1 Å². The third kappa shape index (κ3) is 5.44. The fourth-order valence-electron chi connectivity index (χ4n) is 2.65. The Morgan fingerprint density at radius 1 is 1.00 bits per heavy atom. The summed E-state index contributed by atoms with van der Waals surface area (Å²) >= 11 is 0. The maximum absolute atomic E-state index is 12.2. The Kier molecular flexibility index (Phi) is 6.63. The van der Waals surface area contributed by atoms with Crippen LogP contribution >= 0.6 is 0 Å². The van der Waals surface area contributed by atoms with E-state index in [2.05, 4.69) is 20.6 Å². The van der Waals surface area contributed by atoms with Crippen LogP contribution in [0.2, 0.25) is 0 Å². The molecule has 0 aliphatic heterocycles. The van der Waals surface area contributed by atoms with Gasteiger partial charge in [0.05, 0.1) is 29.6 Å². The van der Waals surface area contributed by atoms with E-state index in [4.69, 9.17) is 9.47 Å². The molecule has 7 nitrogen and oxygen atoms in total. The number of nitrogens with one attached hydrogen (secondary N) is 2. The molecule has 150 valence electrons. The molecule has 2 N–H and O–H groups in total. The minimum absolute atomic E-state index is 0.0555. The molecule has 1 aromatic heterocycles. The Balaban J connectivity index is 1.81. The highest BCUT2D eigenvalue weighted by Crippen LogP contribution is 2.28. The SMILES string of the molecule is CCOC(=O)c1ccccc1Nc1nccc(Nc2ccccc2OC(C)C)n1. The lowest BCUT2D eigenvalue weighted by molar-refractivity contribution is 0.0527. The molecule has 7 heteroatoms. The Bertz CT molecular complexity index is 976. The van der Waals surface area contributed by atoms with E-state index in [0.29, 0.717) is 29.6 Å². The van der Waals surface area contributed by atoms with Crippen molar-refractivity contribution in [3.63, 3.8) is 0 Å². The van der Waals surface area contributed by atoms with Crippen LogP contribution in [0.5, 0.6) is 5.75 Å². The molecule has 0 saturated heterocycles. The molecule has 0 spiro atoms. The summed E-state index contributed by atoms with van der Waals surface area (Å²) in [6, 6.07) is 16.5. The average molecular weight is 392 g/mol. The number of hydrogen-bond donors (Lipinski definition) is 2. The first-order valence-electron chi connectivity index (χ1n) is 9.45. The van der Waals surface area contributed by atoms with Crippen LogP contribution in [0.25, 0.3) is 0 Å². The van der Waals surface area contributed by atoms with Gasteiger partial charge >= 0.3 is 5.97 Å². The highest BCUT2D eigenvalue weighted by molar-refractivity contribution is 5.96. The zero-order chi connectivity index (χ0) is 20.6. The lowest BCUT2D eigenvalue weighted by Crippen LogP contribution is -2.09. The van der Waals surface area contributed by atoms with Gasteiger partial charge in [0.2, 0.25) is 5.95 Å². The molecule has 29 heavy (non-hydrogen) atoms. The van der Waals surface area contributed by atoms with Gasteiger partial charge in [0, 0.05) is 6.20 Å². The lowest BCUT2D eigenvalue weighted by Gasteiger charge is -2.15. The van der Waals surface area contributed by atoms with Gasteiger partial charge in [0.1, 0.15) is 11.6 Å². The molecule has 0 aliphatic rings. The van der Waals surface area contributed by atoms with Crippen molar-refractivity contribution in [3.05, 3.63) is 66.4 Å². The molecule has 3 rings (SSSR count). The quantitative estimate of drug-likeness (QED) is 0.526. The second-order valence-corrected chi connectivity index (χ2v) is 6.44. The van der Waals surface area contributed by atoms with Crippen LogP contribution in [0.3, 0.4) is 0 Å². The predicted octanol–water partition coefficient (Wildman–Crippen LogP) is 4.93. The normalized spacial score (nSPS) is 10.5. The fourth-order valence-corrected chi connectivity index (χ4v) is 2.65. The highest BCUT2D eigenvalue weighted by atomic mass is 16.5. The largest absolute Gasteiger partial charge is 0.489 e. The van der Waals surface area contributed by atoms with E-state index >= 15 is 0 Å². The number of aromatic nitrogens is 2. The maximum Gasteiger partial charge on any atom is 0.340 e. The van der Waals surface area contributed by atoms with Crippen LogP contribution in [-0.2, 0) is 4.74 Å². The van der Waals surface area contributed by atoms with Crippen molar-refractivity contribution in [2.45, 2.75) is 26.9 Å². The first-order valence-corrected chi connectivity index (χ1v) is 9.45. The van der Waals surface area contributed by atoms with E-state index in [1.54, 1.807) is 37.4 Å². The monoisotopic (exact) mass is 392 g/mol. The van der Waals surface area contributed by atoms with Crippen molar-refractivity contribution in [2.24, 2.45) is 0 Å². The van der Waals surface area contributed by atoms with Crippen LogP contribution in [0.15, 0.2) is 60.8 Å². The standard InChI is InChI=1S/C22H24N4O3/c1-4-28-21(27)16-9-5-6-10-17(16)25-22-23-14-13-20(26-22)24-18-11-7-8-12-19(18)29-15(2)3/h5-15H,4H2,1-3H3,(H2,23,24,25,26). The van der Waals surface area contributed by atoms with Crippen molar-refractivity contribution in [3.8, 4) is 5.75 Å². The van der Waals surface area contributed by atoms with Crippen LogP contribution < -0.4 is 15.4 Å². The van der Waals surface area contributed by atoms with Crippen molar-refractivity contribution < 1.29 is 14.3 Å². The predicted molar refractivity (Wildman–Crippen MR) is 113 cm³/mol. The second kappa shape index (κ2) is 9.54. The third-order valence-electron chi connectivity index (χ3n) is 3.84. The van der Waals surface area contributed by atoms with E-state index in [0.717, 1.165) is 11.4 Å². The summed E-state index contributed by atoms with van der Waals surface area (Å²) in [5, 5.41) is 6.34. The molecule has 0 fully saturated rings. The van der Waals surface area contributed by atoms with E-state index < -0.39 is 5.97 Å². The molecule has 0 bridgehead atoms. The van der Waals surface area contributed by atoms with Crippen LogP contribution in [0.4, 0.5) is 23.1 Å². The fraction of sp³-hybridized carbons (Fsp3) is 0.227. The van der Waals surface area contributed by atoms with E-state index in [1.807, 2.05) is 44.2 Å². The van der Waals surface area contributed by atoms with Gasteiger partial charge in [-0.1, -0.05) is 24.3 Å². The molecular formula is C22H24N4O3. The first-order chi connectivity index (χ1) is 14.1. The molecule has 0 amide bonds. The van der Waals surface area contributed by atoms with E-state index in [1.165, 1.54) is 0 Å². The maximum atomic E-state index is 12.2. The zero-order valence-electron chi connectivity index (χ0n) is 16.7. The highest BCUT2D eigenvalue weighted by Gasteiger charge is 2.13. The topological polar surface area (TPSA) is 85.4 Å². The first kappa shape index (κ1) is 20.1. The minimum Gasteiger partial charge on any atom is -0.489 e. The Hall–Kier alpha value is -3.61. The summed E-state index contributed by atoms with van der Waals surface area (Å²) in [6.07, 6.45) is 1.69. The number of rotatable bonds is 8. The third-order valence-corrected chi connectivity index (χ3v) is 3.84. The molecule has 0 saturated carbocycles.